The van der Waals surface area contributed by atoms with Crippen molar-refractivity contribution < 1.29 is 14.3 Å². The maximum Gasteiger partial charge on any atom is 0.397 e. The molecule has 0 aliphatic carbocycles. The molecule has 1 amide bonds. The molecule has 1 aliphatic rings. The van der Waals surface area contributed by atoms with Gasteiger partial charge in [0, 0.05) is 18.8 Å². The Kier molecular flexibility index (Phi) is 3.62. The van der Waals surface area contributed by atoms with Crippen LogP contribution in [0, 0.1) is 0 Å². The largest absolute Gasteiger partial charge is 0.459 e. The van der Waals surface area contributed by atoms with Crippen LogP contribution in [0.15, 0.2) is 18.2 Å². The monoisotopic (exact) mass is 248 g/mol. The van der Waals surface area contributed by atoms with E-state index in [0.29, 0.717) is 5.69 Å². The third kappa shape index (κ3) is 2.68. The number of ether oxygens (including phenoxy) is 1. The van der Waals surface area contributed by atoms with Gasteiger partial charge < -0.3 is 10.1 Å². The lowest BCUT2D eigenvalue weighted by Crippen LogP contribution is -2.25. The molecule has 18 heavy (non-hydrogen) atoms. The molecule has 0 unspecified atom stereocenters. The number of fused-ring (bicyclic) bond motifs is 1. The van der Waals surface area contributed by atoms with Crippen LogP contribution in [0.3, 0.4) is 0 Å². The fraction of sp³-hybridized carbons (Fsp3) is 0.385. The van der Waals surface area contributed by atoms with E-state index in [0.717, 1.165) is 13.1 Å². The molecule has 2 rings (SSSR count). The third-order valence-corrected chi connectivity index (χ3v) is 2.81. The quantitative estimate of drug-likeness (QED) is 0.629. The Hall–Kier alpha value is -1.88. The van der Waals surface area contributed by atoms with E-state index >= 15 is 0 Å². The van der Waals surface area contributed by atoms with Crippen molar-refractivity contribution in [2.24, 2.45) is 0 Å². The van der Waals surface area contributed by atoms with E-state index in [4.69, 9.17) is 0 Å². The first-order chi connectivity index (χ1) is 8.60. The van der Waals surface area contributed by atoms with Crippen molar-refractivity contribution in [3.63, 3.8) is 0 Å². The predicted octanol–water partition coefficient (Wildman–Crippen LogP) is 1.13. The van der Waals surface area contributed by atoms with Crippen LogP contribution in [0.25, 0.3) is 0 Å². The highest BCUT2D eigenvalue weighted by Crippen LogP contribution is 2.24. The standard InChI is InChI=1S/C13H16N2O3/c1-3-18-13(17)12(16)14-11-5-4-9-7-15(2)8-10(9)6-11/h4-6H,3,7-8H2,1-2H3,(H,14,16). The first kappa shape index (κ1) is 12.6. The zero-order valence-corrected chi connectivity index (χ0v) is 10.5. The van der Waals surface area contributed by atoms with Crippen molar-refractivity contribution in [2.45, 2.75) is 20.0 Å². The van der Waals surface area contributed by atoms with Gasteiger partial charge in [-0.2, -0.15) is 0 Å². The van der Waals surface area contributed by atoms with Crippen molar-refractivity contribution in [3.8, 4) is 0 Å². The molecule has 0 spiro atoms. The van der Waals surface area contributed by atoms with Gasteiger partial charge in [-0.05, 0) is 37.2 Å². The van der Waals surface area contributed by atoms with Gasteiger partial charge in [-0.1, -0.05) is 6.07 Å². The third-order valence-electron chi connectivity index (χ3n) is 2.81. The molecular formula is C13H16N2O3. The zero-order chi connectivity index (χ0) is 13.1. The van der Waals surface area contributed by atoms with Crippen LogP contribution in [0.5, 0.6) is 0 Å². The van der Waals surface area contributed by atoms with Crippen LogP contribution in [-0.4, -0.2) is 30.4 Å². The van der Waals surface area contributed by atoms with E-state index in [-0.39, 0.29) is 6.61 Å². The van der Waals surface area contributed by atoms with Gasteiger partial charge >= 0.3 is 11.9 Å². The second kappa shape index (κ2) is 5.18. The van der Waals surface area contributed by atoms with E-state index in [9.17, 15) is 9.59 Å². The van der Waals surface area contributed by atoms with Gasteiger partial charge in [0.2, 0.25) is 0 Å². The molecule has 1 aromatic carbocycles. The highest BCUT2D eigenvalue weighted by Gasteiger charge is 2.18. The topological polar surface area (TPSA) is 58.6 Å². The number of nitrogens with one attached hydrogen (secondary N) is 1. The molecule has 0 saturated carbocycles. The number of benzene rings is 1. The summed E-state index contributed by atoms with van der Waals surface area (Å²) in [5, 5.41) is 2.54. The van der Waals surface area contributed by atoms with E-state index in [1.54, 1.807) is 13.0 Å². The minimum absolute atomic E-state index is 0.196. The second-order valence-electron chi connectivity index (χ2n) is 4.33. The fourth-order valence-corrected chi connectivity index (χ4v) is 2.02. The molecular weight excluding hydrogens is 232 g/mol. The Bertz CT molecular complexity index is 485. The van der Waals surface area contributed by atoms with Crippen molar-refractivity contribution in [2.75, 3.05) is 19.0 Å². The van der Waals surface area contributed by atoms with Crippen LogP contribution >= 0.6 is 0 Å². The molecule has 0 atom stereocenters. The van der Waals surface area contributed by atoms with Crippen LogP contribution in [0.2, 0.25) is 0 Å². The number of esters is 1. The van der Waals surface area contributed by atoms with Crippen molar-refractivity contribution in [1.82, 2.24) is 4.90 Å². The zero-order valence-electron chi connectivity index (χ0n) is 10.5. The molecule has 0 aromatic heterocycles. The first-order valence-corrected chi connectivity index (χ1v) is 5.88. The molecule has 0 radical (unpaired) electrons. The number of hydrogen-bond acceptors (Lipinski definition) is 4. The summed E-state index contributed by atoms with van der Waals surface area (Å²) in [6.45, 7) is 3.64. The van der Waals surface area contributed by atoms with Gasteiger partial charge in [0.05, 0.1) is 6.61 Å². The summed E-state index contributed by atoms with van der Waals surface area (Å²) in [6, 6.07) is 5.67. The Morgan fingerprint density at radius 2 is 2.06 bits per heavy atom. The van der Waals surface area contributed by atoms with Crippen molar-refractivity contribution in [1.29, 1.82) is 0 Å². The van der Waals surface area contributed by atoms with Crippen molar-refractivity contribution >= 4 is 17.6 Å². The summed E-state index contributed by atoms with van der Waals surface area (Å²) in [4.78, 5) is 24.8. The molecule has 1 N–H and O–H groups in total. The van der Waals surface area contributed by atoms with Crippen LogP contribution in [0.4, 0.5) is 5.69 Å². The predicted molar refractivity (Wildman–Crippen MR) is 66.9 cm³/mol. The van der Waals surface area contributed by atoms with Gasteiger partial charge in [-0.3, -0.25) is 9.69 Å². The molecule has 0 fully saturated rings. The molecule has 5 heteroatoms. The van der Waals surface area contributed by atoms with Gasteiger partial charge in [-0.15, -0.1) is 0 Å². The molecule has 0 bridgehead atoms. The number of nitrogens with zero attached hydrogens (tertiary/aromatic N) is 1. The highest BCUT2D eigenvalue weighted by molar-refractivity contribution is 6.37. The van der Waals surface area contributed by atoms with E-state index < -0.39 is 11.9 Å². The Morgan fingerprint density at radius 3 is 2.78 bits per heavy atom. The number of rotatable bonds is 2. The summed E-state index contributed by atoms with van der Waals surface area (Å²) in [7, 11) is 2.04. The second-order valence-corrected chi connectivity index (χ2v) is 4.33. The normalized spacial score (nSPS) is 14.1. The summed E-state index contributed by atoms with van der Waals surface area (Å²) < 4.78 is 4.63. The molecule has 1 heterocycles. The molecule has 1 aromatic rings. The van der Waals surface area contributed by atoms with Crippen LogP contribution in [0.1, 0.15) is 18.1 Å². The fourth-order valence-electron chi connectivity index (χ4n) is 2.02. The number of carbonyl (C=O) groups is 2. The lowest BCUT2D eigenvalue weighted by Gasteiger charge is -2.06. The van der Waals surface area contributed by atoms with Crippen LogP contribution < -0.4 is 5.32 Å². The van der Waals surface area contributed by atoms with E-state index in [1.165, 1.54) is 11.1 Å². The average molecular weight is 248 g/mol. The molecule has 96 valence electrons. The molecule has 0 saturated heterocycles. The summed E-state index contributed by atoms with van der Waals surface area (Å²) >= 11 is 0. The van der Waals surface area contributed by atoms with E-state index in [1.807, 2.05) is 19.2 Å². The van der Waals surface area contributed by atoms with Crippen LogP contribution in [-0.2, 0) is 27.4 Å². The maximum absolute atomic E-state index is 11.5. The first-order valence-electron chi connectivity index (χ1n) is 5.88. The Morgan fingerprint density at radius 1 is 1.33 bits per heavy atom. The highest BCUT2D eigenvalue weighted by atomic mass is 16.5. The number of amides is 1. The van der Waals surface area contributed by atoms with Gasteiger partial charge in [-0.25, -0.2) is 4.79 Å². The number of hydrogen-bond donors (Lipinski definition) is 1. The SMILES string of the molecule is CCOC(=O)C(=O)Nc1ccc2c(c1)CN(C)C2. The summed E-state index contributed by atoms with van der Waals surface area (Å²) in [5.74, 6) is -1.58. The lowest BCUT2D eigenvalue weighted by atomic mass is 10.1. The Balaban J connectivity index is 2.05. The van der Waals surface area contributed by atoms with Crippen molar-refractivity contribution in [3.05, 3.63) is 29.3 Å². The smallest absolute Gasteiger partial charge is 0.397 e. The van der Waals surface area contributed by atoms with E-state index in [2.05, 4.69) is 15.0 Å². The average Bonchev–Trinajstić information content (AvgIpc) is 2.68. The Labute approximate surface area is 106 Å². The number of carbonyl (C=O) groups excluding carboxylic acids is 2. The molecule has 5 nitrogen and oxygen atoms in total. The van der Waals surface area contributed by atoms with Gasteiger partial charge in [0.1, 0.15) is 0 Å². The minimum Gasteiger partial charge on any atom is -0.459 e. The van der Waals surface area contributed by atoms with Gasteiger partial charge in [0.25, 0.3) is 0 Å². The minimum atomic E-state index is -0.852. The summed E-state index contributed by atoms with van der Waals surface area (Å²) in [5.41, 5.74) is 3.06. The lowest BCUT2D eigenvalue weighted by molar-refractivity contribution is -0.152. The van der Waals surface area contributed by atoms with Gasteiger partial charge in [0.15, 0.2) is 0 Å². The summed E-state index contributed by atoms with van der Waals surface area (Å²) in [6.07, 6.45) is 0. The maximum atomic E-state index is 11.5. The number of anilines is 1. The molecule has 1 aliphatic heterocycles.